The molecule has 0 saturated heterocycles. The van der Waals surface area contributed by atoms with Crippen LogP contribution in [-0.2, 0) is 0 Å². The Morgan fingerprint density at radius 1 is 1.04 bits per heavy atom. The molecule has 0 bridgehead atoms. The van der Waals surface area contributed by atoms with Crippen molar-refractivity contribution >= 4 is 44.0 Å². The van der Waals surface area contributed by atoms with Gasteiger partial charge in [0.25, 0.3) is 0 Å². The highest BCUT2D eigenvalue weighted by Crippen LogP contribution is 2.35. The molecule has 6 nitrogen and oxygen atoms in total. The molecule has 8 heteroatoms. The number of hydrogen-bond donors (Lipinski definition) is 0. The molecule has 2 aromatic carbocycles. The van der Waals surface area contributed by atoms with Gasteiger partial charge >= 0.3 is 0 Å². The highest BCUT2D eigenvalue weighted by Gasteiger charge is 2.23. The van der Waals surface area contributed by atoms with Crippen molar-refractivity contribution in [3.05, 3.63) is 63.9 Å². The second-order valence-corrected chi connectivity index (χ2v) is 7.34. The Morgan fingerprint density at radius 2 is 1.85 bits per heavy atom. The van der Waals surface area contributed by atoms with Gasteiger partial charge in [-0.05, 0) is 25.1 Å². The second kappa shape index (κ2) is 6.14. The predicted molar refractivity (Wildman–Crippen MR) is 107 cm³/mol. The van der Waals surface area contributed by atoms with Crippen molar-refractivity contribution in [3.8, 4) is 22.6 Å². The van der Waals surface area contributed by atoms with Gasteiger partial charge in [-0.1, -0.05) is 63.0 Å². The first-order chi connectivity index (χ1) is 13.1. The zero-order chi connectivity index (χ0) is 18.5. The van der Waals surface area contributed by atoms with E-state index in [2.05, 4.69) is 36.4 Å². The Kier molecular flexibility index (Phi) is 3.73. The summed E-state index contributed by atoms with van der Waals surface area (Å²) < 4.78 is 8.02. The summed E-state index contributed by atoms with van der Waals surface area (Å²) in [4.78, 5) is 0. The Bertz CT molecular complexity index is 1310. The molecule has 5 aromatic rings. The lowest BCUT2D eigenvalue weighted by atomic mass is 10.1. The molecule has 0 N–H and O–H groups in total. The molecule has 0 unspecified atom stereocenters. The minimum atomic E-state index is 0.371. The average Bonchev–Trinajstić information content (AvgIpc) is 3.26. The summed E-state index contributed by atoms with van der Waals surface area (Å²) in [5, 5.41) is 19.5. The van der Waals surface area contributed by atoms with Crippen LogP contribution in [-0.4, -0.2) is 25.0 Å². The largest absolute Gasteiger partial charge is 0.360 e. The summed E-state index contributed by atoms with van der Waals surface area (Å²) in [5.74, 6) is 1.17. The zero-order valence-electron chi connectivity index (χ0n) is 14.0. The molecular weight excluding hydrogens is 430 g/mol. The van der Waals surface area contributed by atoms with Crippen molar-refractivity contribution in [3.63, 3.8) is 0 Å². The van der Waals surface area contributed by atoms with E-state index in [9.17, 15) is 0 Å². The fourth-order valence-electron chi connectivity index (χ4n) is 3.15. The molecule has 0 fully saturated rings. The molecule has 0 amide bonds. The Balaban J connectivity index is 1.82. The van der Waals surface area contributed by atoms with Gasteiger partial charge in [0, 0.05) is 20.8 Å². The Morgan fingerprint density at radius 3 is 2.67 bits per heavy atom. The van der Waals surface area contributed by atoms with Crippen LogP contribution in [0.4, 0.5) is 0 Å². The summed E-state index contributed by atoms with van der Waals surface area (Å²) in [7, 11) is 0. The highest BCUT2D eigenvalue weighted by atomic mass is 79.9. The number of nitrogens with zero attached hydrogens (tertiary/aromatic N) is 5. The van der Waals surface area contributed by atoms with E-state index in [1.54, 1.807) is 4.52 Å². The maximum atomic E-state index is 6.45. The molecule has 0 aliphatic carbocycles. The molecule has 0 aliphatic rings. The third kappa shape index (κ3) is 2.54. The van der Waals surface area contributed by atoms with E-state index in [1.165, 1.54) is 0 Å². The zero-order valence-corrected chi connectivity index (χ0v) is 16.4. The Labute approximate surface area is 166 Å². The van der Waals surface area contributed by atoms with Crippen LogP contribution >= 0.6 is 27.5 Å². The van der Waals surface area contributed by atoms with E-state index in [1.807, 2.05) is 55.5 Å². The van der Waals surface area contributed by atoms with Gasteiger partial charge in [-0.2, -0.15) is 9.61 Å². The van der Waals surface area contributed by atoms with Gasteiger partial charge in [0.15, 0.2) is 16.6 Å². The number of aryl methyl sites for hydroxylation is 1. The fourth-order valence-corrected chi connectivity index (χ4v) is 3.74. The number of hydrogen-bond acceptors (Lipinski definition) is 5. The molecule has 0 spiro atoms. The van der Waals surface area contributed by atoms with E-state index in [0.717, 1.165) is 26.4 Å². The molecule has 5 rings (SSSR count). The van der Waals surface area contributed by atoms with Crippen molar-refractivity contribution in [2.24, 2.45) is 0 Å². The average molecular weight is 441 g/mol. The molecule has 27 heavy (non-hydrogen) atoms. The first kappa shape index (κ1) is 16.4. The molecular formula is C19H11BrClN5O. The molecule has 132 valence electrons. The van der Waals surface area contributed by atoms with Crippen molar-refractivity contribution in [1.29, 1.82) is 0 Å². The molecule has 0 aliphatic heterocycles. The number of aromatic nitrogens is 5. The summed E-state index contributed by atoms with van der Waals surface area (Å²) in [6.07, 6.45) is 0. The van der Waals surface area contributed by atoms with Crippen LogP contribution in [0.2, 0.25) is 5.15 Å². The molecule has 0 radical (unpaired) electrons. The summed E-state index contributed by atoms with van der Waals surface area (Å²) in [5.41, 5.74) is 2.98. The third-order valence-electron chi connectivity index (χ3n) is 4.41. The van der Waals surface area contributed by atoms with Crippen molar-refractivity contribution in [2.45, 2.75) is 6.92 Å². The number of fused-ring (bicyclic) bond motifs is 3. The normalized spacial score (nSPS) is 11.5. The summed E-state index contributed by atoms with van der Waals surface area (Å²) >= 11 is 9.91. The van der Waals surface area contributed by atoms with E-state index in [0.29, 0.717) is 28.1 Å². The second-order valence-electron chi connectivity index (χ2n) is 6.07. The fraction of sp³-hybridized carbons (Fsp3) is 0.0526. The number of halogens is 2. The first-order valence-corrected chi connectivity index (χ1v) is 9.33. The van der Waals surface area contributed by atoms with Gasteiger partial charge in [0.2, 0.25) is 0 Å². The maximum absolute atomic E-state index is 6.45. The van der Waals surface area contributed by atoms with E-state index in [-0.39, 0.29) is 0 Å². The minimum Gasteiger partial charge on any atom is -0.360 e. The van der Waals surface area contributed by atoms with Crippen molar-refractivity contribution in [1.82, 2.24) is 25.0 Å². The van der Waals surface area contributed by atoms with Gasteiger partial charge in [0.05, 0.1) is 5.56 Å². The van der Waals surface area contributed by atoms with Crippen LogP contribution in [0.15, 0.2) is 57.5 Å². The van der Waals surface area contributed by atoms with Crippen LogP contribution in [0, 0.1) is 6.92 Å². The quantitative estimate of drug-likeness (QED) is 0.371. The molecule has 3 aromatic heterocycles. The summed E-state index contributed by atoms with van der Waals surface area (Å²) in [6.45, 7) is 1.84. The number of rotatable bonds is 2. The SMILES string of the molecule is Cc1onc(-c2ccccc2)c1-c1nnc2c3ccc(Br)cc3c(Cl)nn12. The lowest BCUT2D eigenvalue weighted by Gasteiger charge is -2.05. The van der Waals surface area contributed by atoms with Crippen LogP contribution in [0.3, 0.4) is 0 Å². The minimum absolute atomic E-state index is 0.371. The smallest absolute Gasteiger partial charge is 0.191 e. The number of benzene rings is 2. The topological polar surface area (TPSA) is 69.1 Å². The van der Waals surface area contributed by atoms with Crippen LogP contribution in [0.1, 0.15) is 5.76 Å². The van der Waals surface area contributed by atoms with Crippen LogP contribution in [0.25, 0.3) is 39.1 Å². The van der Waals surface area contributed by atoms with Gasteiger partial charge in [-0.15, -0.1) is 10.2 Å². The molecule has 3 heterocycles. The van der Waals surface area contributed by atoms with Gasteiger partial charge in [-0.25, -0.2) is 0 Å². The van der Waals surface area contributed by atoms with Crippen molar-refractivity contribution in [2.75, 3.05) is 0 Å². The van der Waals surface area contributed by atoms with Gasteiger partial charge < -0.3 is 4.52 Å². The predicted octanol–water partition coefficient (Wildman–Crippen LogP) is 5.32. The van der Waals surface area contributed by atoms with E-state index in [4.69, 9.17) is 16.1 Å². The van der Waals surface area contributed by atoms with E-state index >= 15 is 0 Å². The van der Waals surface area contributed by atoms with Gasteiger partial charge in [0.1, 0.15) is 11.5 Å². The Hall–Kier alpha value is -2.77. The lowest BCUT2D eigenvalue weighted by molar-refractivity contribution is 0.400. The highest BCUT2D eigenvalue weighted by molar-refractivity contribution is 9.10. The molecule has 0 atom stereocenters. The lowest BCUT2D eigenvalue weighted by Crippen LogP contribution is -1.98. The van der Waals surface area contributed by atoms with Gasteiger partial charge in [-0.3, -0.25) is 0 Å². The molecule has 0 saturated carbocycles. The monoisotopic (exact) mass is 439 g/mol. The van der Waals surface area contributed by atoms with Crippen molar-refractivity contribution < 1.29 is 4.52 Å². The maximum Gasteiger partial charge on any atom is 0.191 e. The summed E-state index contributed by atoms with van der Waals surface area (Å²) in [6, 6.07) is 15.6. The van der Waals surface area contributed by atoms with Crippen LogP contribution < -0.4 is 0 Å². The third-order valence-corrected chi connectivity index (χ3v) is 5.18. The standard InChI is InChI=1S/C19H11BrClN5O/c1-10-15(16(25-27-10)11-5-3-2-4-6-11)19-23-22-18-13-8-7-12(20)9-14(13)17(21)24-26(18)19/h2-9H,1H3. The van der Waals surface area contributed by atoms with E-state index < -0.39 is 0 Å². The van der Waals surface area contributed by atoms with Crippen LogP contribution in [0.5, 0.6) is 0 Å². The first-order valence-electron chi connectivity index (χ1n) is 8.16.